The molecular weight excluding hydrogens is 296 g/mol. The number of nitrogens with zero attached hydrogens (tertiary/aromatic N) is 3. The third kappa shape index (κ3) is 4.89. The molecule has 2 aromatic rings. The van der Waals surface area contributed by atoms with Crippen LogP contribution in [-0.4, -0.2) is 20.4 Å². The fourth-order valence-corrected chi connectivity index (χ4v) is 1.80. The van der Waals surface area contributed by atoms with E-state index in [-0.39, 0.29) is 22.9 Å². The first kappa shape index (κ1) is 16.6. The lowest BCUT2D eigenvalue weighted by Gasteiger charge is -2.21. The first-order chi connectivity index (χ1) is 10.9. The molecule has 8 heteroatoms. The maximum atomic E-state index is 11.4. The summed E-state index contributed by atoms with van der Waals surface area (Å²) in [4.78, 5) is 18.8. The Morgan fingerprint density at radius 2 is 1.78 bits per heavy atom. The van der Waals surface area contributed by atoms with Gasteiger partial charge >= 0.3 is 5.69 Å². The van der Waals surface area contributed by atoms with Crippen LogP contribution in [-0.2, 0) is 6.54 Å². The van der Waals surface area contributed by atoms with Crippen LogP contribution >= 0.6 is 0 Å². The molecule has 0 aliphatic carbocycles. The molecule has 0 spiro atoms. The van der Waals surface area contributed by atoms with Crippen LogP contribution in [0, 0.1) is 10.1 Å². The second-order valence-corrected chi connectivity index (χ2v) is 6.02. The predicted octanol–water partition coefficient (Wildman–Crippen LogP) is 2.71. The largest absolute Gasteiger partial charge is 0.360 e. The topological polar surface area (TPSA) is 105 Å². The zero-order valence-corrected chi connectivity index (χ0v) is 13.3. The lowest BCUT2D eigenvalue weighted by atomic mass is 10.1. The normalized spacial score (nSPS) is 11.1. The van der Waals surface area contributed by atoms with Gasteiger partial charge in [0.1, 0.15) is 6.33 Å². The number of nitro groups is 1. The van der Waals surface area contributed by atoms with Gasteiger partial charge in [0.2, 0.25) is 11.6 Å². The van der Waals surface area contributed by atoms with Crippen LogP contribution in [0.1, 0.15) is 26.3 Å². The highest BCUT2D eigenvalue weighted by Crippen LogP contribution is 2.28. The van der Waals surface area contributed by atoms with E-state index in [1.165, 1.54) is 6.33 Å². The number of nitrogens with one attached hydrogen (secondary N) is 3. The van der Waals surface area contributed by atoms with Crippen molar-refractivity contribution in [1.29, 1.82) is 0 Å². The van der Waals surface area contributed by atoms with Crippen LogP contribution < -0.4 is 16.2 Å². The minimum Gasteiger partial charge on any atom is -0.360 e. The zero-order chi connectivity index (χ0) is 16.9. The highest BCUT2D eigenvalue weighted by atomic mass is 16.6. The Hall–Kier alpha value is -2.74. The molecule has 0 radical (unpaired) electrons. The van der Waals surface area contributed by atoms with Gasteiger partial charge in [-0.15, -0.1) is 0 Å². The van der Waals surface area contributed by atoms with Gasteiger partial charge in [0.05, 0.1) is 4.92 Å². The Bertz CT molecular complexity index is 669. The number of hydrogen-bond donors (Lipinski definition) is 3. The van der Waals surface area contributed by atoms with Crippen LogP contribution in [0.4, 0.5) is 17.3 Å². The van der Waals surface area contributed by atoms with Crippen molar-refractivity contribution in [3.63, 3.8) is 0 Å². The quantitative estimate of drug-likeness (QED) is 0.556. The zero-order valence-electron chi connectivity index (χ0n) is 13.3. The maximum Gasteiger partial charge on any atom is 0.354 e. The van der Waals surface area contributed by atoms with E-state index in [2.05, 4.69) is 26.1 Å². The SMILES string of the molecule is CC(C)(C)NNc1ncnc(NCc2ccccc2)c1[N+](=O)[O-]. The monoisotopic (exact) mass is 316 g/mol. The van der Waals surface area contributed by atoms with Crippen molar-refractivity contribution in [3.05, 3.63) is 52.3 Å². The second-order valence-electron chi connectivity index (χ2n) is 6.02. The first-order valence-corrected chi connectivity index (χ1v) is 7.17. The van der Waals surface area contributed by atoms with Crippen LogP contribution in [0.2, 0.25) is 0 Å². The summed E-state index contributed by atoms with van der Waals surface area (Å²) >= 11 is 0. The Morgan fingerprint density at radius 3 is 2.39 bits per heavy atom. The molecule has 0 fully saturated rings. The van der Waals surface area contributed by atoms with Crippen LogP contribution in [0.15, 0.2) is 36.7 Å². The highest BCUT2D eigenvalue weighted by molar-refractivity contribution is 5.68. The van der Waals surface area contributed by atoms with Gasteiger partial charge < -0.3 is 5.32 Å². The van der Waals surface area contributed by atoms with Crippen LogP contribution in [0.5, 0.6) is 0 Å². The summed E-state index contributed by atoms with van der Waals surface area (Å²) in [5.74, 6) is 0.294. The number of aromatic nitrogens is 2. The average Bonchev–Trinajstić information content (AvgIpc) is 2.51. The summed E-state index contributed by atoms with van der Waals surface area (Å²) in [7, 11) is 0. The van der Waals surface area contributed by atoms with E-state index in [1.54, 1.807) is 0 Å². The lowest BCUT2D eigenvalue weighted by Crippen LogP contribution is -2.40. The molecular formula is C15H20N6O2. The molecule has 0 atom stereocenters. The van der Waals surface area contributed by atoms with Crippen molar-refractivity contribution in [2.45, 2.75) is 32.9 Å². The summed E-state index contributed by atoms with van der Waals surface area (Å²) in [5.41, 5.74) is 6.29. The summed E-state index contributed by atoms with van der Waals surface area (Å²) < 4.78 is 0. The van der Waals surface area contributed by atoms with Crippen molar-refractivity contribution < 1.29 is 4.92 Å². The number of anilines is 2. The molecule has 0 aliphatic heterocycles. The molecule has 0 unspecified atom stereocenters. The van der Waals surface area contributed by atoms with Crippen molar-refractivity contribution in [2.75, 3.05) is 10.7 Å². The fraction of sp³-hybridized carbons (Fsp3) is 0.333. The van der Waals surface area contributed by atoms with Gasteiger partial charge in [-0.05, 0) is 26.3 Å². The van der Waals surface area contributed by atoms with Crippen molar-refractivity contribution in [2.24, 2.45) is 0 Å². The van der Waals surface area contributed by atoms with E-state index in [0.29, 0.717) is 6.54 Å². The summed E-state index contributed by atoms with van der Waals surface area (Å²) in [6.45, 7) is 6.23. The van der Waals surface area contributed by atoms with Gasteiger partial charge in [-0.1, -0.05) is 30.3 Å². The van der Waals surface area contributed by atoms with Gasteiger partial charge in [-0.3, -0.25) is 15.5 Å². The smallest absolute Gasteiger partial charge is 0.354 e. The highest BCUT2D eigenvalue weighted by Gasteiger charge is 2.23. The maximum absolute atomic E-state index is 11.4. The Labute approximate surface area is 134 Å². The molecule has 1 aromatic carbocycles. The van der Waals surface area contributed by atoms with E-state index in [9.17, 15) is 10.1 Å². The summed E-state index contributed by atoms with van der Waals surface area (Å²) in [6.07, 6.45) is 1.28. The molecule has 1 heterocycles. The van der Waals surface area contributed by atoms with Crippen LogP contribution in [0.3, 0.4) is 0 Å². The molecule has 0 saturated carbocycles. The lowest BCUT2D eigenvalue weighted by molar-refractivity contribution is -0.383. The second kappa shape index (κ2) is 7.01. The van der Waals surface area contributed by atoms with Gasteiger partial charge in [0, 0.05) is 12.1 Å². The Morgan fingerprint density at radius 1 is 1.13 bits per heavy atom. The fourth-order valence-electron chi connectivity index (χ4n) is 1.80. The molecule has 8 nitrogen and oxygen atoms in total. The van der Waals surface area contributed by atoms with E-state index in [0.717, 1.165) is 5.56 Å². The van der Waals surface area contributed by atoms with E-state index in [1.807, 2.05) is 51.1 Å². The van der Waals surface area contributed by atoms with E-state index >= 15 is 0 Å². The van der Waals surface area contributed by atoms with Crippen molar-refractivity contribution in [3.8, 4) is 0 Å². The van der Waals surface area contributed by atoms with Crippen molar-refractivity contribution >= 4 is 17.3 Å². The third-order valence-corrected chi connectivity index (χ3v) is 2.86. The van der Waals surface area contributed by atoms with Gasteiger partial charge in [0.15, 0.2) is 0 Å². The van der Waals surface area contributed by atoms with E-state index < -0.39 is 4.92 Å². The molecule has 3 N–H and O–H groups in total. The summed E-state index contributed by atoms with van der Waals surface area (Å²) in [6, 6.07) is 9.59. The molecule has 0 amide bonds. The standard InChI is InChI=1S/C15H20N6O2/c1-15(2,3)20-19-14-12(21(22)23)13(17-10-18-14)16-9-11-7-5-4-6-8-11/h4-8,10,20H,9H2,1-3H3,(H2,16,17,18,19). The minimum atomic E-state index is -0.500. The van der Waals surface area contributed by atoms with Gasteiger partial charge in [-0.2, -0.15) is 0 Å². The average molecular weight is 316 g/mol. The molecule has 2 rings (SSSR count). The summed E-state index contributed by atoms with van der Waals surface area (Å²) in [5, 5.41) is 14.4. The minimum absolute atomic E-state index is 0.121. The molecule has 122 valence electrons. The van der Waals surface area contributed by atoms with Gasteiger partial charge in [-0.25, -0.2) is 15.4 Å². The van der Waals surface area contributed by atoms with Gasteiger partial charge in [0.25, 0.3) is 0 Å². The Balaban J connectivity index is 2.20. The molecule has 0 bridgehead atoms. The van der Waals surface area contributed by atoms with Crippen LogP contribution in [0.25, 0.3) is 0 Å². The number of hydrazine groups is 1. The number of hydrogen-bond acceptors (Lipinski definition) is 7. The third-order valence-electron chi connectivity index (χ3n) is 2.86. The Kier molecular flexibility index (Phi) is 5.07. The molecule has 23 heavy (non-hydrogen) atoms. The predicted molar refractivity (Wildman–Crippen MR) is 89.0 cm³/mol. The van der Waals surface area contributed by atoms with E-state index in [4.69, 9.17) is 0 Å². The number of benzene rings is 1. The first-order valence-electron chi connectivity index (χ1n) is 7.17. The van der Waals surface area contributed by atoms with Crippen molar-refractivity contribution in [1.82, 2.24) is 15.4 Å². The molecule has 1 aromatic heterocycles. The molecule has 0 aliphatic rings. The number of rotatable bonds is 6. The molecule has 0 saturated heterocycles.